The van der Waals surface area contributed by atoms with Gasteiger partial charge in [0.2, 0.25) is 5.91 Å². The molecule has 2 saturated heterocycles. The summed E-state index contributed by atoms with van der Waals surface area (Å²) >= 11 is 0. The van der Waals surface area contributed by atoms with Gasteiger partial charge in [-0.1, -0.05) is 12.5 Å². The predicted octanol–water partition coefficient (Wildman–Crippen LogP) is 3.83. The lowest BCUT2D eigenvalue weighted by Gasteiger charge is -2.32. The Morgan fingerprint density at radius 1 is 1.04 bits per heavy atom. The standard InChI is InChI=1S/C21H28F2N2O/c22-19-5-4-18(20(23)11-19)12-24-8-6-15(7-9-24)10-21(26)25-13-16-2-1-3-17(16)14-25/h4-5,11,15-17H,1-3,6-10,12-14H2. The van der Waals surface area contributed by atoms with Crippen molar-refractivity contribution in [2.45, 2.75) is 45.1 Å². The molecule has 142 valence electrons. The fraction of sp³-hybridized carbons (Fsp3) is 0.667. The lowest BCUT2D eigenvalue weighted by Crippen LogP contribution is -2.36. The van der Waals surface area contributed by atoms with Crippen molar-refractivity contribution in [3.05, 3.63) is 35.4 Å². The van der Waals surface area contributed by atoms with Crippen LogP contribution in [-0.4, -0.2) is 41.9 Å². The summed E-state index contributed by atoms with van der Waals surface area (Å²) < 4.78 is 26.8. The summed E-state index contributed by atoms with van der Waals surface area (Å²) in [7, 11) is 0. The van der Waals surface area contributed by atoms with Crippen LogP contribution in [0.5, 0.6) is 0 Å². The third-order valence-corrected chi connectivity index (χ3v) is 6.66. The van der Waals surface area contributed by atoms with Gasteiger partial charge in [0.25, 0.3) is 0 Å². The number of amides is 1. The summed E-state index contributed by atoms with van der Waals surface area (Å²) in [4.78, 5) is 16.9. The molecule has 1 aromatic rings. The van der Waals surface area contributed by atoms with Crippen LogP contribution in [-0.2, 0) is 11.3 Å². The number of fused-ring (bicyclic) bond motifs is 1. The summed E-state index contributed by atoms with van der Waals surface area (Å²) in [5.74, 6) is 1.29. The predicted molar refractivity (Wildman–Crippen MR) is 96.4 cm³/mol. The molecule has 4 rings (SSSR count). The van der Waals surface area contributed by atoms with Crippen molar-refractivity contribution in [3.8, 4) is 0 Å². The van der Waals surface area contributed by atoms with E-state index in [1.807, 2.05) is 0 Å². The van der Waals surface area contributed by atoms with E-state index in [4.69, 9.17) is 0 Å². The largest absolute Gasteiger partial charge is 0.342 e. The SMILES string of the molecule is O=C(CC1CCN(Cc2ccc(F)cc2F)CC1)N1CC2CCCC2C1. The van der Waals surface area contributed by atoms with Gasteiger partial charge in [-0.2, -0.15) is 0 Å². The van der Waals surface area contributed by atoms with E-state index in [2.05, 4.69) is 9.80 Å². The van der Waals surface area contributed by atoms with Crippen molar-refractivity contribution < 1.29 is 13.6 Å². The Hall–Kier alpha value is -1.49. The normalized spacial score (nSPS) is 27.1. The highest BCUT2D eigenvalue weighted by atomic mass is 19.1. The number of likely N-dealkylation sites (tertiary alicyclic amines) is 2. The van der Waals surface area contributed by atoms with E-state index in [9.17, 15) is 13.6 Å². The van der Waals surface area contributed by atoms with Crippen molar-refractivity contribution in [2.24, 2.45) is 17.8 Å². The van der Waals surface area contributed by atoms with E-state index in [0.29, 0.717) is 30.4 Å². The minimum absolute atomic E-state index is 0.336. The van der Waals surface area contributed by atoms with Gasteiger partial charge in [0.1, 0.15) is 11.6 Å². The molecule has 0 N–H and O–H groups in total. The van der Waals surface area contributed by atoms with Gasteiger partial charge in [-0.3, -0.25) is 9.69 Å². The van der Waals surface area contributed by atoms with Gasteiger partial charge < -0.3 is 4.90 Å². The molecule has 26 heavy (non-hydrogen) atoms. The molecule has 0 aromatic heterocycles. The van der Waals surface area contributed by atoms with E-state index in [0.717, 1.165) is 56.9 Å². The molecule has 5 heteroatoms. The number of carbonyl (C=O) groups excluding carboxylic acids is 1. The van der Waals surface area contributed by atoms with E-state index in [1.54, 1.807) is 0 Å². The van der Waals surface area contributed by atoms with Crippen molar-refractivity contribution in [1.29, 1.82) is 0 Å². The summed E-state index contributed by atoms with van der Waals surface area (Å²) in [6, 6.07) is 3.80. The summed E-state index contributed by atoms with van der Waals surface area (Å²) in [6.07, 6.45) is 6.56. The Morgan fingerprint density at radius 2 is 1.73 bits per heavy atom. The number of benzene rings is 1. The number of piperidine rings is 1. The molecule has 1 aromatic carbocycles. The van der Waals surface area contributed by atoms with Crippen LogP contribution in [0.25, 0.3) is 0 Å². The lowest BCUT2D eigenvalue weighted by atomic mass is 9.92. The summed E-state index contributed by atoms with van der Waals surface area (Å²) in [6.45, 7) is 4.22. The molecule has 1 aliphatic carbocycles. The number of carbonyl (C=O) groups is 1. The Morgan fingerprint density at radius 3 is 2.38 bits per heavy atom. The average Bonchev–Trinajstić information content (AvgIpc) is 3.21. The molecule has 1 amide bonds. The monoisotopic (exact) mass is 362 g/mol. The molecule has 0 spiro atoms. The van der Waals surface area contributed by atoms with Crippen molar-refractivity contribution in [3.63, 3.8) is 0 Å². The van der Waals surface area contributed by atoms with Crippen LogP contribution in [0.15, 0.2) is 18.2 Å². The molecule has 2 unspecified atom stereocenters. The molecule has 2 atom stereocenters. The highest BCUT2D eigenvalue weighted by molar-refractivity contribution is 5.76. The third kappa shape index (κ3) is 3.93. The zero-order valence-corrected chi connectivity index (χ0v) is 15.3. The Labute approximate surface area is 154 Å². The van der Waals surface area contributed by atoms with Gasteiger partial charge in [0.05, 0.1) is 0 Å². The second-order valence-electron chi connectivity index (χ2n) is 8.41. The van der Waals surface area contributed by atoms with Gasteiger partial charge in [-0.15, -0.1) is 0 Å². The van der Waals surface area contributed by atoms with Gasteiger partial charge >= 0.3 is 0 Å². The van der Waals surface area contributed by atoms with Crippen LogP contribution in [0.2, 0.25) is 0 Å². The molecule has 3 nitrogen and oxygen atoms in total. The number of nitrogens with zero attached hydrogens (tertiary/aromatic N) is 2. The topological polar surface area (TPSA) is 23.6 Å². The molecular weight excluding hydrogens is 334 g/mol. The molecule has 3 fully saturated rings. The molecule has 0 radical (unpaired) electrons. The van der Waals surface area contributed by atoms with Crippen LogP contribution >= 0.6 is 0 Å². The minimum Gasteiger partial charge on any atom is -0.342 e. The fourth-order valence-electron chi connectivity index (χ4n) is 5.05. The summed E-state index contributed by atoms with van der Waals surface area (Å²) in [5.41, 5.74) is 0.546. The number of hydrogen-bond acceptors (Lipinski definition) is 2. The molecule has 2 heterocycles. The van der Waals surface area contributed by atoms with E-state index in [1.165, 1.54) is 31.4 Å². The minimum atomic E-state index is -0.533. The van der Waals surface area contributed by atoms with Gasteiger partial charge in [0.15, 0.2) is 0 Å². The second kappa shape index (κ2) is 7.63. The maximum atomic E-state index is 13.8. The van der Waals surface area contributed by atoms with Gasteiger partial charge in [0, 0.05) is 37.7 Å². The Bertz CT molecular complexity index is 645. The van der Waals surface area contributed by atoms with Crippen molar-refractivity contribution >= 4 is 5.91 Å². The Kier molecular flexibility index (Phi) is 5.25. The quantitative estimate of drug-likeness (QED) is 0.813. The van der Waals surface area contributed by atoms with Crippen molar-refractivity contribution in [1.82, 2.24) is 9.80 Å². The first kappa shape index (κ1) is 17.9. The Balaban J connectivity index is 1.23. The lowest BCUT2D eigenvalue weighted by molar-refractivity contribution is -0.131. The van der Waals surface area contributed by atoms with Crippen LogP contribution in [0.3, 0.4) is 0 Å². The van der Waals surface area contributed by atoms with E-state index in [-0.39, 0.29) is 0 Å². The maximum Gasteiger partial charge on any atom is 0.222 e. The summed E-state index contributed by atoms with van der Waals surface area (Å²) in [5, 5.41) is 0. The highest BCUT2D eigenvalue weighted by Gasteiger charge is 2.38. The molecular formula is C21H28F2N2O. The average molecular weight is 362 g/mol. The molecule has 3 aliphatic rings. The van der Waals surface area contributed by atoms with Gasteiger partial charge in [-0.05, 0) is 62.6 Å². The first-order valence-electron chi connectivity index (χ1n) is 10.0. The zero-order chi connectivity index (χ0) is 18.1. The van der Waals surface area contributed by atoms with Gasteiger partial charge in [-0.25, -0.2) is 8.78 Å². The second-order valence-corrected chi connectivity index (χ2v) is 8.41. The smallest absolute Gasteiger partial charge is 0.222 e. The first-order chi connectivity index (χ1) is 12.6. The molecule has 2 aliphatic heterocycles. The molecule has 1 saturated carbocycles. The zero-order valence-electron chi connectivity index (χ0n) is 15.3. The number of halogens is 2. The van der Waals surface area contributed by atoms with Crippen LogP contribution in [0, 0.1) is 29.4 Å². The number of rotatable bonds is 4. The number of hydrogen-bond donors (Lipinski definition) is 0. The van der Waals surface area contributed by atoms with Crippen molar-refractivity contribution in [2.75, 3.05) is 26.2 Å². The van der Waals surface area contributed by atoms with Crippen LogP contribution in [0.4, 0.5) is 8.78 Å². The first-order valence-corrected chi connectivity index (χ1v) is 10.0. The van der Waals surface area contributed by atoms with E-state index < -0.39 is 11.6 Å². The van der Waals surface area contributed by atoms with Crippen LogP contribution < -0.4 is 0 Å². The van der Waals surface area contributed by atoms with Crippen LogP contribution in [0.1, 0.15) is 44.1 Å². The third-order valence-electron chi connectivity index (χ3n) is 6.66. The van der Waals surface area contributed by atoms with E-state index >= 15 is 0 Å². The molecule has 0 bridgehead atoms. The highest BCUT2D eigenvalue weighted by Crippen LogP contribution is 2.38. The maximum absolute atomic E-state index is 13.8. The fourth-order valence-corrected chi connectivity index (χ4v) is 5.05.